The Bertz CT molecular complexity index is 1100. The average molecular weight is 582 g/mol. The van der Waals surface area contributed by atoms with Gasteiger partial charge in [0.2, 0.25) is 11.8 Å². The summed E-state index contributed by atoms with van der Waals surface area (Å²) in [5, 5.41) is 19.8. The van der Waals surface area contributed by atoms with Gasteiger partial charge in [-0.1, -0.05) is 65.0 Å². The lowest BCUT2D eigenvalue weighted by Gasteiger charge is -2.64. The van der Waals surface area contributed by atoms with Gasteiger partial charge in [0.15, 0.2) is 5.96 Å². The maximum Gasteiger partial charge on any atom is 0.481 e. The zero-order valence-electron chi connectivity index (χ0n) is 26.6. The number of amides is 2. The summed E-state index contributed by atoms with van der Waals surface area (Å²) in [6, 6.07) is 8.98. The molecule has 4 fully saturated rings. The monoisotopic (exact) mass is 581 g/mol. The fourth-order valence-corrected chi connectivity index (χ4v) is 7.51. The summed E-state index contributed by atoms with van der Waals surface area (Å²) >= 11 is 0. The van der Waals surface area contributed by atoms with E-state index >= 15 is 0 Å². The van der Waals surface area contributed by atoms with Crippen LogP contribution in [-0.4, -0.2) is 62.2 Å². The second-order valence-electron chi connectivity index (χ2n) is 13.7. The van der Waals surface area contributed by atoms with Crippen molar-refractivity contribution in [3.63, 3.8) is 0 Å². The smallest absolute Gasteiger partial charge is 0.404 e. The largest absolute Gasteiger partial charge is 0.481 e. The number of hydrogen-bond donors (Lipinski definition) is 5. The lowest BCUT2D eigenvalue weighted by molar-refractivity contribution is -0.199. The number of nitrogens with one attached hydrogen (secondary N) is 5. The zero-order valence-corrected chi connectivity index (χ0v) is 26.6. The molecular formula is C32H52BN5O4. The van der Waals surface area contributed by atoms with E-state index in [1.165, 1.54) is 6.42 Å². The summed E-state index contributed by atoms with van der Waals surface area (Å²) in [5.74, 6) is 0.568. The first-order valence-electron chi connectivity index (χ1n) is 15.9. The number of carbonyl (C=O) groups is 2. The molecule has 232 valence electrons. The summed E-state index contributed by atoms with van der Waals surface area (Å²) in [4.78, 5) is 27.4. The molecule has 5 N–H and O–H groups in total. The van der Waals surface area contributed by atoms with E-state index in [1.54, 1.807) is 7.05 Å². The molecule has 7 atom stereocenters. The van der Waals surface area contributed by atoms with Crippen LogP contribution in [-0.2, 0) is 18.9 Å². The van der Waals surface area contributed by atoms with Crippen LogP contribution >= 0.6 is 0 Å². The molecule has 9 nitrogen and oxygen atoms in total. The third-order valence-corrected chi connectivity index (χ3v) is 10.1. The van der Waals surface area contributed by atoms with Gasteiger partial charge < -0.3 is 30.6 Å². The van der Waals surface area contributed by atoms with Crippen LogP contribution in [0.1, 0.15) is 91.5 Å². The summed E-state index contributed by atoms with van der Waals surface area (Å²) in [5.41, 5.74) is 0.815. The van der Waals surface area contributed by atoms with Crippen molar-refractivity contribution in [3.05, 3.63) is 35.9 Å². The molecular weight excluding hydrogens is 529 g/mol. The topological polar surface area (TPSA) is 125 Å². The molecule has 2 amide bonds. The number of benzene rings is 1. The number of carbonyl (C=O) groups excluding carboxylic acids is 2. The van der Waals surface area contributed by atoms with Gasteiger partial charge in [-0.15, -0.1) is 0 Å². The van der Waals surface area contributed by atoms with E-state index in [2.05, 4.69) is 55.9 Å². The van der Waals surface area contributed by atoms with E-state index < -0.39 is 13.2 Å². The number of rotatable bonds is 13. The summed E-state index contributed by atoms with van der Waals surface area (Å²) in [6.07, 6.45) is 4.57. The van der Waals surface area contributed by atoms with Crippen LogP contribution in [0.25, 0.3) is 0 Å². The Morgan fingerprint density at radius 2 is 1.81 bits per heavy atom. The zero-order chi connectivity index (χ0) is 30.7. The Hall–Kier alpha value is -2.59. The molecule has 0 radical (unpaired) electrons. The summed E-state index contributed by atoms with van der Waals surface area (Å²) in [6.45, 7) is 13.6. The minimum atomic E-state index is -0.721. The van der Waals surface area contributed by atoms with Crippen LogP contribution in [0.15, 0.2) is 30.3 Å². The molecule has 0 unspecified atom stereocenters. The fourth-order valence-electron chi connectivity index (χ4n) is 7.51. The SMILES string of the molecule is CC[C@@H](C(=O)N[C@@H](CCCNC(=N)NC)C(=O)N[C@@H](CC(C)C)B1O[C@@H]2C[C@@H]3C[C@@H](C3(C)C)[C@]2(C)O1)c1ccccc1. The van der Waals surface area contributed by atoms with E-state index in [9.17, 15) is 9.59 Å². The average Bonchev–Trinajstić information content (AvgIpc) is 3.32. The van der Waals surface area contributed by atoms with Crippen molar-refractivity contribution in [1.82, 2.24) is 21.3 Å². The van der Waals surface area contributed by atoms with Gasteiger partial charge in [-0.3, -0.25) is 15.0 Å². The normalized spacial score (nSPS) is 27.7. The van der Waals surface area contributed by atoms with Crippen LogP contribution in [0.2, 0.25) is 0 Å². The van der Waals surface area contributed by atoms with Gasteiger partial charge in [0.1, 0.15) is 6.04 Å². The Kier molecular flexibility index (Phi) is 10.3. The predicted molar refractivity (Wildman–Crippen MR) is 167 cm³/mol. The molecule has 1 aromatic carbocycles. The lowest BCUT2D eigenvalue weighted by atomic mass is 9.43. The van der Waals surface area contributed by atoms with Gasteiger partial charge in [0.05, 0.1) is 23.6 Å². The molecule has 1 aromatic rings. The highest BCUT2D eigenvalue weighted by Crippen LogP contribution is 2.65. The van der Waals surface area contributed by atoms with E-state index in [0.29, 0.717) is 50.0 Å². The third-order valence-electron chi connectivity index (χ3n) is 10.1. The van der Waals surface area contributed by atoms with E-state index in [4.69, 9.17) is 14.7 Å². The quantitative estimate of drug-likeness (QED) is 0.104. The highest BCUT2D eigenvalue weighted by molar-refractivity contribution is 6.48. The Morgan fingerprint density at radius 3 is 2.43 bits per heavy atom. The second-order valence-corrected chi connectivity index (χ2v) is 13.7. The van der Waals surface area contributed by atoms with Crippen molar-refractivity contribution < 1.29 is 18.9 Å². The summed E-state index contributed by atoms with van der Waals surface area (Å²) < 4.78 is 13.3. The molecule has 42 heavy (non-hydrogen) atoms. The number of hydrogen-bond acceptors (Lipinski definition) is 5. The Labute approximate surface area is 252 Å². The molecule has 0 aromatic heterocycles. The first-order valence-corrected chi connectivity index (χ1v) is 15.9. The van der Waals surface area contributed by atoms with Gasteiger partial charge in [0.25, 0.3) is 0 Å². The molecule has 3 saturated carbocycles. The molecule has 3 aliphatic carbocycles. The highest BCUT2D eigenvalue weighted by Gasteiger charge is 2.68. The second kappa shape index (κ2) is 13.4. The standard InChI is InChI=1S/C32H52BN5O4/c1-8-23(21-13-10-9-11-14-21)28(39)37-24(15-12-16-36-30(34)35-7)29(40)38-27(17-20(2)3)33-41-26-19-22-18-25(31(22,4)5)32(26,6)42-33/h9-11,13-14,20,22-27H,8,12,15-19H2,1-7H3,(H,37,39)(H,38,40)(H3,34,35,36)/t22-,23+,24-,25-,26+,27-,32-/m0/s1. The molecule has 4 aliphatic rings. The molecule has 0 spiro atoms. The van der Waals surface area contributed by atoms with Crippen molar-refractivity contribution in [1.29, 1.82) is 5.41 Å². The maximum atomic E-state index is 13.9. The van der Waals surface area contributed by atoms with Crippen molar-refractivity contribution in [2.75, 3.05) is 13.6 Å². The van der Waals surface area contributed by atoms with Gasteiger partial charge in [-0.2, -0.15) is 0 Å². The third kappa shape index (κ3) is 6.80. The first kappa shape index (κ1) is 32.3. The van der Waals surface area contributed by atoms with Gasteiger partial charge in [-0.25, -0.2) is 0 Å². The van der Waals surface area contributed by atoms with Gasteiger partial charge >= 0.3 is 7.12 Å². The Balaban J connectivity index is 1.48. The molecule has 1 saturated heterocycles. The molecule has 1 heterocycles. The lowest BCUT2D eigenvalue weighted by Crippen LogP contribution is -2.65. The van der Waals surface area contributed by atoms with Crippen LogP contribution in [0.5, 0.6) is 0 Å². The van der Waals surface area contributed by atoms with Gasteiger partial charge in [0, 0.05) is 13.6 Å². The van der Waals surface area contributed by atoms with Crippen molar-refractivity contribution in [2.45, 2.75) is 110 Å². The molecule has 10 heteroatoms. The fraction of sp³-hybridized carbons (Fsp3) is 0.719. The van der Waals surface area contributed by atoms with E-state index in [-0.39, 0.29) is 46.8 Å². The first-order chi connectivity index (χ1) is 19.9. The van der Waals surface area contributed by atoms with Crippen LogP contribution in [0.3, 0.4) is 0 Å². The van der Waals surface area contributed by atoms with Crippen molar-refractivity contribution >= 4 is 24.9 Å². The molecule has 5 rings (SSSR count). The van der Waals surface area contributed by atoms with Gasteiger partial charge in [-0.05, 0) is 74.2 Å². The summed E-state index contributed by atoms with van der Waals surface area (Å²) in [7, 11) is 1.16. The number of guanidine groups is 1. The van der Waals surface area contributed by atoms with Crippen LogP contribution in [0.4, 0.5) is 0 Å². The van der Waals surface area contributed by atoms with E-state index in [0.717, 1.165) is 12.0 Å². The Morgan fingerprint density at radius 1 is 1.10 bits per heavy atom. The minimum absolute atomic E-state index is 0.0334. The van der Waals surface area contributed by atoms with Crippen molar-refractivity contribution in [2.24, 2.45) is 23.2 Å². The van der Waals surface area contributed by atoms with Crippen LogP contribution in [0, 0.1) is 28.6 Å². The maximum absolute atomic E-state index is 13.9. The van der Waals surface area contributed by atoms with Crippen molar-refractivity contribution in [3.8, 4) is 0 Å². The minimum Gasteiger partial charge on any atom is -0.404 e. The molecule has 1 aliphatic heterocycles. The molecule has 2 bridgehead atoms. The van der Waals surface area contributed by atoms with Crippen LogP contribution < -0.4 is 21.3 Å². The predicted octanol–water partition coefficient (Wildman–Crippen LogP) is 3.99. The van der Waals surface area contributed by atoms with E-state index in [1.807, 2.05) is 37.3 Å². The highest BCUT2D eigenvalue weighted by atomic mass is 16.7.